The number of benzene rings is 1. The average molecular weight is 314 g/mol. The summed E-state index contributed by atoms with van der Waals surface area (Å²) >= 11 is 11.8. The van der Waals surface area contributed by atoms with Gasteiger partial charge in [0, 0.05) is 6.07 Å². The Bertz CT molecular complexity index is 628. The third kappa shape index (κ3) is 3.65. The molecule has 0 saturated carbocycles. The van der Waals surface area contributed by atoms with Crippen molar-refractivity contribution in [1.29, 1.82) is 0 Å². The lowest BCUT2D eigenvalue weighted by molar-refractivity contribution is 0.249. The maximum Gasteiger partial charge on any atom is 0.320 e. The van der Waals surface area contributed by atoms with Crippen molar-refractivity contribution >= 4 is 35.1 Å². The summed E-state index contributed by atoms with van der Waals surface area (Å²) in [6, 6.07) is 6.24. The van der Waals surface area contributed by atoms with Crippen LogP contribution in [-0.2, 0) is 0 Å². The molecule has 0 aliphatic heterocycles. The first-order chi connectivity index (χ1) is 9.45. The van der Waals surface area contributed by atoms with E-state index in [9.17, 15) is 4.79 Å². The Labute approximate surface area is 126 Å². The lowest BCUT2D eigenvalue weighted by atomic mass is 10.1. The molecule has 0 spiro atoms. The minimum Gasteiger partial charge on any atom is -0.360 e. The number of hydrogen-bond acceptors (Lipinski definition) is 3. The van der Waals surface area contributed by atoms with Crippen molar-refractivity contribution in [3.63, 3.8) is 0 Å². The number of amides is 2. The number of halogens is 2. The van der Waals surface area contributed by atoms with Gasteiger partial charge in [-0.25, -0.2) is 4.79 Å². The monoisotopic (exact) mass is 313 g/mol. The molecule has 2 aromatic rings. The summed E-state index contributed by atoms with van der Waals surface area (Å²) in [5, 5.41) is 9.94. The van der Waals surface area contributed by atoms with Gasteiger partial charge in [-0.3, -0.25) is 5.32 Å². The molecule has 0 aliphatic carbocycles. The number of anilines is 1. The standard InChI is InChI=1S/C13H13Cl2N3O2/c1-7-5-12(18-20-7)17-13(19)16-8(2)9-3-4-10(14)11(15)6-9/h3-6,8H,1-2H3,(H2,16,17,18,19)/t8-/m0/s1. The molecule has 1 atom stereocenters. The van der Waals surface area contributed by atoms with Crippen LogP contribution in [0.3, 0.4) is 0 Å². The van der Waals surface area contributed by atoms with Crippen LogP contribution in [0.4, 0.5) is 10.6 Å². The molecule has 1 heterocycles. The molecule has 2 rings (SSSR count). The highest BCUT2D eigenvalue weighted by molar-refractivity contribution is 6.42. The van der Waals surface area contributed by atoms with Crippen LogP contribution < -0.4 is 10.6 Å². The SMILES string of the molecule is Cc1cc(NC(=O)N[C@@H](C)c2ccc(Cl)c(Cl)c2)no1. The molecule has 2 N–H and O–H groups in total. The maximum absolute atomic E-state index is 11.8. The molecule has 5 nitrogen and oxygen atoms in total. The van der Waals surface area contributed by atoms with Crippen molar-refractivity contribution < 1.29 is 9.32 Å². The number of carbonyl (C=O) groups is 1. The number of rotatable bonds is 3. The van der Waals surface area contributed by atoms with Crippen LogP contribution in [0.25, 0.3) is 0 Å². The van der Waals surface area contributed by atoms with Crippen molar-refractivity contribution in [3.8, 4) is 0 Å². The van der Waals surface area contributed by atoms with Gasteiger partial charge in [-0.1, -0.05) is 34.4 Å². The molecule has 1 aromatic carbocycles. The Balaban J connectivity index is 1.98. The molecule has 0 bridgehead atoms. The van der Waals surface area contributed by atoms with Gasteiger partial charge >= 0.3 is 6.03 Å². The summed E-state index contributed by atoms with van der Waals surface area (Å²) in [6.45, 7) is 3.58. The van der Waals surface area contributed by atoms with Crippen LogP contribution in [-0.4, -0.2) is 11.2 Å². The first-order valence-electron chi connectivity index (χ1n) is 5.91. The summed E-state index contributed by atoms with van der Waals surface area (Å²) < 4.78 is 4.86. The number of aryl methyl sites for hydroxylation is 1. The highest BCUT2D eigenvalue weighted by Gasteiger charge is 2.12. The molecule has 1 aromatic heterocycles. The zero-order chi connectivity index (χ0) is 14.7. The molecular formula is C13H13Cl2N3O2. The van der Waals surface area contributed by atoms with Crippen LogP contribution >= 0.6 is 23.2 Å². The van der Waals surface area contributed by atoms with E-state index in [1.807, 2.05) is 6.92 Å². The van der Waals surface area contributed by atoms with Crippen molar-refractivity contribution in [2.24, 2.45) is 0 Å². The van der Waals surface area contributed by atoms with Gasteiger partial charge in [0.15, 0.2) is 5.82 Å². The number of hydrogen-bond donors (Lipinski definition) is 2. The highest BCUT2D eigenvalue weighted by Crippen LogP contribution is 2.25. The summed E-state index contributed by atoms with van der Waals surface area (Å²) in [5.41, 5.74) is 0.853. The van der Waals surface area contributed by atoms with Crippen LogP contribution in [0, 0.1) is 6.92 Å². The summed E-state index contributed by atoms with van der Waals surface area (Å²) in [6.07, 6.45) is 0. The van der Waals surface area contributed by atoms with E-state index in [1.54, 1.807) is 31.2 Å². The second-order valence-corrected chi connectivity index (χ2v) is 5.13. The molecule has 7 heteroatoms. The second-order valence-electron chi connectivity index (χ2n) is 4.32. The van der Waals surface area contributed by atoms with Gasteiger partial charge in [0.1, 0.15) is 5.76 Å². The van der Waals surface area contributed by atoms with E-state index in [0.29, 0.717) is 21.6 Å². The van der Waals surface area contributed by atoms with Gasteiger partial charge in [-0.15, -0.1) is 0 Å². The Morgan fingerprint density at radius 3 is 2.65 bits per heavy atom. The van der Waals surface area contributed by atoms with Gasteiger partial charge in [0.05, 0.1) is 16.1 Å². The maximum atomic E-state index is 11.8. The predicted molar refractivity (Wildman–Crippen MR) is 78.3 cm³/mol. The molecule has 2 amide bonds. The first-order valence-corrected chi connectivity index (χ1v) is 6.67. The molecule has 20 heavy (non-hydrogen) atoms. The normalized spacial score (nSPS) is 12.0. The quantitative estimate of drug-likeness (QED) is 0.893. The van der Waals surface area contributed by atoms with Crippen molar-refractivity contribution in [2.45, 2.75) is 19.9 Å². The molecule has 0 aliphatic rings. The second kappa shape index (κ2) is 6.15. The van der Waals surface area contributed by atoms with Gasteiger partial charge in [0.25, 0.3) is 0 Å². The lowest BCUT2D eigenvalue weighted by Crippen LogP contribution is -2.31. The van der Waals surface area contributed by atoms with Crippen LogP contribution in [0.15, 0.2) is 28.8 Å². The summed E-state index contributed by atoms with van der Waals surface area (Å²) in [4.78, 5) is 11.8. The zero-order valence-corrected chi connectivity index (χ0v) is 12.4. The Morgan fingerprint density at radius 2 is 2.05 bits per heavy atom. The Morgan fingerprint density at radius 1 is 1.30 bits per heavy atom. The molecule has 0 unspecified atom stereocenters. The summed E-state index contributed by atoms with van der Waals surface area (Å²) in [7, 11) is 0. The predicted octanol–water partition coefficient (Wildman–Crippen LogP) is 4.17. The fourth-order valence-electron chi connectivity index (χ4n) is 1.64. The fourth-order valence-corrected chi connectivity index (χ4v) is 1.95. The number of nitrogens with zero attached hydrogens (tertiary/aromatic N) is 1. The van der Waals surface area contributed by atoms with E-state index in [2.05, 4.69) is 15.8 Å². The van der Waals surface area contributed by atoms with Crippen molar-refractivity contribution in [1.82, 2.24) is 10.5 Å². The number of aromatic nitrogens is 1. The fraction of sp³-hybridized carbons (Fsp3) is 0.231. The topological polar surface area (TPSA) is 67.2 Å². The Kier molecular flexibility index (Phi) is 4.52. The minimum absolute atomic E-state index is 0.224. The molecule has 0 saturated heterocycles. The molecule has 0 radical (unpaired) electrons. The van der Waals surface area contributed by atoms with E-state index in [0.717, 1.165) is 5.56 Å². The van der Waals surface area contributed by atoms with E-state index in [-0.39, 0.29) is 12.1 Å². The van der Waals surface area contributed by atoms with E-state index in [1.165, 1.54) is 0 Å². The summed E-state index contributed by atoms with van der Waals surface area (Å²) in [5.74, 6) is 0.985. The number of urea groups is 1. The van der Waals surface area contributed by atoms with Crippen molar-refractivity contribution in [3.05, 3.63) is 45.6 Å². The van der Waals surface area contributed by atoms with E-state index in [4.69, 9.17) is 27.7 Å². The largest absolute Gasteiger partial charge is 0.360 e. The lowest BCUT2D eigenvalue weighted by Gasteiger charge is -2.14. The van der Waals surface area contributed by atoms with E-state index >= 15 is 0 Å². The minimum atomic E-state index is -0.378. The van der Waals surface area contributed by atoms with E-state index < -0.39 is 0 Å². The third-order valence-corrected chi connectivity index (χ3v) is 3.40. The Hall–Kier alpha value is -1.72. The average Bonchev–Trinajstić information content (AvgIpc) is 2.77. The zero-order valence-electron chi connectivity index (χ0n) is 10.9. The third-order valence-electron chi connectivity index (χ3n) is 2.66. The first kappa shape index (κ1) is 14.7. The molecular weight excluding hydrogens is 301 g/mol. The number of nitrogens with one attached hydrogen (secondary N) is 2. The molecule has 0 fully saturated rings. The number of carbonyl (C=O) groups excluding carboxylic acids is 1. The smallest absolute Gasteiger partial charge is 0.320 e. The van der Waals surface area contributed by atoms with Gasteiger partial charge in [0.2, 0.25) is 0 Å². The van der Waals surface area contributed by atoms with Gasteiger partial charge in [-0.05, 0) is 31.5 Å². The van der Waals surface area contributed by atoms with Crippen molar-refractivity contribution in [2.75, 3.05) is 5.32 Å². The highest BCUT2D eigenvalue weighted by atomic mass is 35.5. The molecule has 106 valence electrons. The van der Waals surface area contributed by atoms with Gasteiger partial charge in [-0.2, -0.15) is 0 Å². The van der Waals surface area contributed by atoms with Crippen LogP contribution in [0.1, 0.15) is 24.3 Å². The van der Waals surface area contributed by atoms with Crippen LogP contribution in [0.5, 0.6) is 0 Å². The van der Waals surface area contributed by atoms with Crippen LogP contribution in [0.2, 0.25) is 10.0 Å². The van der Waals surface area contributed by atoms with Gasteiger partial charge < -0.3 is 9.84 Å².